The number of hydrogen-bond donors (Lipinski definition) is 0. The number of fused-ring (bicyclic) bond motifs is 5. The Balaban J connectivity index is 2.03. The van der Waals surface area contributed by atoms with Crippen LogP contribution < -0.4 is 0 Å². The lowest BCUT2D eigenvalue weighted by atomic mass is 9.73. The van der Waals surface area contributed by atoms with E-state index in [-0.39, 0.29) is 0 Å². The molecule has 2 fully saturated rings. The Hall–Kier alpha value is -0.590. The number of carbonyl (C=O) groups excluding carboxylic acids is 1. The van der Waals surface area contributed by atoms with E-state index in [2.05, 4.69) is 19.1 Å². The topological polar surface area (TPSA) is 17.1 Å². The van der Waals surface area contributed by atoms with Crippen LogP contribution in [0.3, 0.4) is 0 Å². The van der Waals surface area contributed by atoms with Crippen molar-refractivity contribution in [1.29, 1.82) is 0 Å². The van der Waals surface area contributed by atoms with Crippen LogP contribution in [0.1, 0.15) is 32.6 Å². The molecule has 2 saturated carbocycles. The second-order valence-corrected chi connectivity index (χ2v) is 5.28. The molecule has 0 radical (unpaired) electrons. The van der Waals surface area contributed by atoms with Crippen molar-refractivity contribution in [2.75, 3.05) is 0 Å². The SMILES string of the molecule is C[C@]12CCC(=O)[C@H](C1)[C@H]1CC=C[C@H]12. The lowest BCUT2D eigenvalue weighted by Crippen LogP contribution is -2.26. The summed E-state index contributed by atoms with van der Waals surface area (Å²) in [6.07, 6.45) is 8.99. The average Bonchev–Trinajstić information content (AvgIpc) is 2.63. The third kappa shape index (κ3) is 0.853. The summed E-state index contributed by atoms with van der Waals surface area (Å²) in [4.78, 5) is 11.7. The maximum Gasteiger partial charge on any atom is 0.136 e. The molecule has 3 aliphatic rings. The van der Waals surface area contributed by atoms with Crippen molar-refractivity contribution in [2.24, 2.45) is 23.2 Å². The van der Waals surface area contributed by atoms with Crippen LogP contribution in [0.5, 0.6) is 0 Å². The van der Waals surface area contributed by atoms with E-state index in [9.17, 15) is 4.79 Å². The fourth-order valence-electron chi connectivity index (χ4n) is 3.84. The van der Waals surface area contributed by atoms with Crippen molar-refractivity contribution >= 4 is 5.78 Å². The molecule has 0 aliphatic heterocycles. The van der Waals surface area contributed by atoms with Crippen LogP contribution in [0.15, 0.2) is 12.2 Å². The first-order chi connectivity index (χ1) is 6.21. The summed E-state index contributed by atoms with van der Waals surface area (Å²) < 4.78 is 0. The number of Topliss-reactive ketones (excluding diaryl/α,β-unsaturated/α-hetero) is 1. The quantitative estimate of drug-likeness (QED) is 0.518. The van der Waals surface area contributed by atoms with Gasteiger partial charge in [-0.3, -0.25) is 4.79 Å². The van der Waals surface area contributed by atoms with E-state index in [1.165, 1.54) is 6.42 Å². The highest BCUT2D eigenvalue weighted by Crippen LogP contribution is 2.59. The standard InChI is InChI=1S/C12H16O/c1-12-6-5-11(13)9(7-12)8-3-2-4-10(8)12/h2,4,8-10H,3,5-7H2,1H3/t8-,9-,10-,12+/m1/s1. The minimum atomic E-state index is 0.416. The molecule has 0 aromatic rings. The van der Waals surface area contributed by atoms with Crippen LogP contribution in [-0.4, -0.2) is 5.78 Å². The van der Waals surface area contributed by atoms with E-state index in [0.29, 0.717) is 23.0 Å². The number of allylic oxidation sites excluding steroid dienone is 2. The largest absolute Gasteiger partial charge is 0.299 e. The maximum atomic E-state index is 11.7. The summed E-state index contributed by atoms with van der Waals surface area (Å²) in [5.74, 6) is 2.37. The number of rotatable bonds is 0. The van der Waals surface area contributed by atoms with Gasteiger partial charge in [-0.05, 0) is 36.5 Å². The van der Waals surface area contributed by atoms with Crippen LogP contribution in [0, 0.1) is 23.2 Å². The van der Waals surface area contributed by atoms with Crippen molar-refractivity contribution in [3.05, 3.63) is 12.2 Å². The van der Waals surface area contributed by atoms with Crippen LogP contribution in [0.2, 0.25) is 0 Å². The first-order valence-electron chi connectivity index (χ1n) is 5.40. The molecule has 2 bridgehead atoms. The van der Waals surface area contributed by atoms with Gasteiger partial charge in [0.25, 0.3) is 0 Å². The van der Waals surface area contributed by atoms with E-state index in [1.54, 1.807) is 0 Å². The molecule has 1 heteroatoms. The Labute approximate surface area is 79.2 Å². The number of carbonyl (C=O) groups is 1. The molecule has 0 heterocycles. The molecular formula is C12H16O. The molecule has 70 valence electrons. The molecule has 3 rings (SSSR count). The highest BCUT2D eigenvalue weighted by atomic mass is 16.1. The van der Waals surface area contributed by atoms with E-state index in [4.69, 9.17) is 0 Å². The van der Waals surface area contributed by atoms with Crippen LogP contribution >= 0.6 is 0 Å². The molecule has 0 N–H and O–H groups in total. The van der Waals surface area contributed by atoms with Crippen molar-refractivity contribution in [3.63, 3.8) is 0 Å². The van der Waals surface area contributed by atoms with E-state index in [0.717, 1.165) is 25.2 Å². The molecule has 1 nitrogen and oxygen atoms in total. The Bertz CT molecular complexity index is 291. The molecule has 4 atom stereocenters. The normalized spacial score (nSPS) is 52.7. The van der Waals surface area contributed by atoms with Gasteiger partial charge in [0, 0.05) is 12.3 Å². The molecule has 0 amide bonds. The molecule has 0 spiro atoms. The summed E-state index contributed by atoms with van der Waals surface area (Å²) in [5, 5.41) is 0. The summed E-state index contributed by atoms with van der Waals surface area (Å²) in [5.41, 5.74) is 0.468. The van der Waals surface area contributed by atoms with Crippen molar-refractivity contribution < 1.29 is 4.79 Å². The van der Waals surface area contributed by atoms with Gasteiger partial charge in [0.2, 0.25) is 0 Å². The molecule has 13 heavy (non-hydrogen) atoms. The summed E-state index contributed by atoms with van der Waals surface area (Å²) >= 11 is 0. The predicted octanol–water partition coefficient (Wildman–Crippen LogP) is 2.57. The summed E-state index contributed by atoms with van der Waals surface area (Å²) in [6.45, 7) is 2.38. The third-order valence-corrected chi connectivity index (χ3v) is 4.58. The first-order valence-corrected chi connectivity index (χ1v) is 5.40. The van der Waals surface area contributed by atoms with Gasteiger partial charge in [-0.1, -0.05) is 19.1 Å². The average molecular weight is 176 g/mol. The Morgan fingerprint density at radius 3 is 3.23 bits per heavy atom. The van der Waals surface area contributed by atoms with E-state index >= 15 is 0 Å². The lowest BCUT2D eigenvalue weighted by Gasteiger charge is -2.31. The molecule has 0 aromatic heterocycles. The van der Waals surface area contributed by atoms with Gasteiger partial charge < -0.3 is 0 Å². The minimum absolute atomic E-state index is 0.416. The highest BCUT2D eigenvalue weighted by Gasteiger charge is 2.55. The number of hydrogen-bond acceptors (Lipinski definition) is 1. The zero-order chi connectivity index (χ0) is 9.05. The van der Waals surface area contributed by atoms with Crippen LogP contribution in [-0.2, 0) is 4.79 Å². The van der Waals surface area contributed by atoms with Gasteiger partial charge in [-0.2, -0.15) is 0 Å². The number of ketones is 1. The maximum absolute atomic E-state index is 11.7. The second kappa shape index (κ2) is 2.26. The highest BCUT2D eigenvalue weighted by molar-refractivity contribution is 5.83. The zero-order valence-corrected chi connectivity index (χ0v) is 8.12. The molecule has 3 aliphatic carbocycles. The van der Waals surface area contributed by atoms with E-state index in [1.807, 2.05) is 0 Å². The zero-order valence-electron chi connectivity index (χ0n) is 8.12. The van der Waals surface area contributed by atoms with Crippen LogP contribution in [0.25, 0.3) is 0 Å². The van der Waals surface area contributed by atoms with Crippen molar-refractivity contribution in [2.45, 2.75) is 32.6 Å². The minimum Gasteiger partial charge on any atom is -0.299 e. The summed E-state index contributed by atoms with van der Waals surface area (Å²) in [7, 11) is 0. The fourth-order valence-corrected chi connectivity index (χ4v) is 3.84. The Kier molecular flexibility index (Phi) is 1.35. The fraction of sp³-hybridized carbons (Fsp3) is 0.750. The Morgan fingerprint density at radius 1 is 1.54 bits per heavy atom. The second-order valence-electron chi connectivity index (χ2n) is 5.28. The first kappa shape index (κ1) is 7.78. The van der Waals surface area contributed by atoms with Gasteiger partial charge >= 0.3 is 0 Å². The van der Waals surface area contributed by atoms with Crippen molar-refractivity contribution in [3.8, 4) is 0 Å². The van der Waals surface area contributed by atoms with Crippen LogP contribution in [0.4, 0.5) is 0 Å². The van der Waals surface area contributed by atoms with Gasteiger partial charge in [0.05, 0.1) is 0 Å². The molecule has 0 unspecified atom stereocenters. The Morgan fingerprint density at radius 2 is 2.38 bits per heavy atom. The monoisotopic (exact) mass is 176 g/mol. The van der Waals surface area contributed by atoms with Gasteiger partial charge in [0.15, 0.2) is 0 Å². The molecule has 0 aromatic carbocycles. The van der Waals surface area contributed by atoms with Gasteiger partial charge in [0.1, 0.15) is 5.78 Å². The summed E-state index contributed by atoms with van der Waals surface area (Å²) in [6, 6.07) is 0. The van der Waals surface area contributed by atoms with E-state index < -0.39 is 0 Å². The van der Waals surface area contributed by atoms with Crippen molar-refractivity contribution in [1.82, 2.24) is 0 Å². The smallest absolute Gasteiger partial charge is 0.136 e. The third-order valence-electron chi connectivity index (χ3n) is 4.58. The molecule has 0 saturated heterocycles. The molecular weight excluding hydrogens is 160 g/mol. The van der Waals surface area contributed by atoms with Gasteiger partial charge in [-0.25, -0.2) is 0 Å². The van der Waals surface area contributed by atoms with Gasteiger partial charge in [-0.15, -0.1) is 0 Å². The lowest BCUT2D eigenvalue weighted by molar-refractivity contribution is -0.125. The predicted molar refractivity (Wildman–Crippen MR) is 51.2 cm³/mol.